The van der Waals surface area contributed by atoms with E-state index in [4.69, 9.17) is 0 Å². The average molecular weight is 546 g/mol. The van der Waals surface area contributed by atoms with Gasteiger partial charge in [-0.15, -0.1) is 5.10 Å². The van der Waals surface area contributed by atoms with E-state index in [9.17, 15) is 9.18 Å². The van der Waals surface area contributed by atoms with Crippen molar-refractivity contribution in [2.24, 2.45) is 0 Å². The molecule has 3 heterocycles. The molecule has 0 aliphatic heterocycles. The van der Waals surface area contributed by atoms with Crippen LogP contribution in [0.25, 0.3) is 10.9 Å². The van der Waals surface area contributed by atoms with Gasteiger partial charge in [0.2, 0.25) is 0 Å². The van der Waals surface area contributed by atoms with Crippen molar-refractivity contribution >= 4 is 10.9 Å². The molecule has 0 amide bonds. The molecule has 0 aliphatic carbocycles. The molecule has 3 aromatic heterocycles. The summed E-state index contributed by atoms with van der Waals surface area (Å²) in [7, 11) is 0. The number of halogens is 1. The Bertz CT molecular complexity index is 1780. The fraction of sp³-hybridized carbons (Fsp3) is 0.156. The highest BCUT2D eigenvalue weighted by Crippen LogP contribution is 2.30. The van der Waals surface area contributed by atoms with Gasteiger partial charge in [-0.2, -0.15) is 0 Å². The van der Waals surface area contributed by atoms with E-state index in [1.54, 1.807) is 23.0 Å². The molecule has 0 saturated carbocycles. The van der Waals surface area contributed by atoms with Crippen LogP contribution in [0, 0.1) is 12.7 Å². The van der Waals surface area contributed by atoms with Crippen molar-refractivity contribution in [2.45, 2.75) is 32.6 Å². The monoisotopic (exact) mass is 545 g/mol. The summed E-state index contributed by atoms with van der Waals surface area (Å²) in [6.45, 7) is 3.35. The maximum atomic E-state index is 13.8. The Kier molecular flexibility index (Phi) is 7.42. The first-order valence-electron chi connectivity index (χ1n) is 13.3. The molecule has 41 heavy (non-hydrogen) atoms. The lowest BCUT2D eigenvalue weighted by atomic mass is 10.0. The molecular weight excluding hydrogens is 517 g/mol. The normalized spacial score (nSPS) is 12.2. The number of H-pyrrole nitrogens is 1. The third kappa shape index (κ3) is 5.95. The second-order valence-corrected chi connectivity index (χ2v) is 10.1. The van der Waals surface area contributed by atoms with Gasteiger partial charge in [-0.05, 0) is 75.8 Å². The van der Waals surface area contributed by atoms with Gasteiger partial charge in [-0.3, -0.25) is 14.7 Å². The van der Waals surface area contributed by atoms with Gasteiger partial charge in [-0.25, -0.2) is 9.07 Å². The van der Waals surface area contributed by atoms with Crippen molar-refractivity contribution < 1.29 is 4.39 Å². The van der Waals surface area contributed by atoms with Gasteiger partial charge >= 0.3 is 0 Å². The highest BCUT2D eigenvalue weighted by molar-refractivity contribution is 5.79. The number of aryl methyl sites for hydroxylation is 1. The van der Waals surface area contributed by atoms with E-state index in [1.165, 1.54) is 12.1 Å². The zero-order valence-corrected chi connectivity index (χ0v) is 22.5. The van der Waals surface area contributed by atoms with Crippen LogP contribution in [0.5, 0.6) is 0 Å². The number of aromatic amines is 1. The number of hydrogen-bond donors (Lipinski definition) is 1. The van der Waals surface area contributed by atoms with E-state index in [0.29, 0.717) is 31.0 Å². The van der Waals surface area contributed by atoms with E-state index in [0.717, 1.165) is 33.2 Å². The summed E-state index contributed by atoms with van der Waals surface area (Å²) in [5, 5.41) is 13.7. The Labute approximate surface area is 236 Å². The predicted octanol–water partition coefficient (Wildman–Crippen LogP) is 5.20. The Balaban J connectivity index is 1.52. The molecule has 9 heteroatoms. The zero-order chi connectivity index (χ0) is 28.2. The molecule has 1 atom stereocenters. The first kappa shape index (κ1) is 26.2. The van der Waals surface area contributed by atoms with Crippen LogP contribution >= 0.6 is 0 Å². The molecule has 6 aromatic rings. The van der Waals surface area contributed by atoms with Crippen molar-refractivity contribution in [1.82, 2.24) is 35.1 Å². The SMILES string of the molecule is Cc1ccc2[nH]c(=O)c([C@H](c3nnnn3Cc3ccc(F)cc3)N(Cc3ccccc3)Cc3cccnc3)cc2c1. The maximum absolute atomic E-state index is 13.8. The molecule has 204 valence electrons. The fourth-order valence-corrected chi connectivity index (χ4v) is 5.11. The number of rotatable bonds is 9. The average Bonchev–Trinajstić information content (AvgIpc) is 3.43. The number of nitrogens with zero attached hydrogens (tertiary/aromatic N) is 6. The minimum atomic E-state index is -0.612. The van der Waals surface area contributed by atoms with Gasteiger partial charge in [0, 0.05) is 36.6 Å². The summed E-state index contributed by atoms with van der Waals surface area (Å²) in [6.07, 6.45) is 3.56. The first-order chi connectivity index (χ1) is 20.0. The summed E-state index contributed by atoms with van der Waals surface area (Å²) in [5.74, 6) is 0.193. The topological polar surface area (TPSA) is 92.6 Å². The summed E-state index contributed by atoms with van der Waals surface area (Å²) in [5.41, 5.74) is 5.06. The van der Waals surface area contributed by atoms with Crippen LogP contribution in [0.3, 0.4) is 0 Å². The van der Waals surface area contributed by atoms with Crippen LogP contribution in [0.1, 0.15) is 39.7 Å². The largest absolute Gasteiger partial charge is 0.322 e. The van der Waals surface area contributed by atoms with E-state index in [-0.39, 0.29) is 11.4 Å². The molecule has 0 saturated heterocycles. The van der Waals surface area contributed by atoms with Crippen LogP contribution in [0.4, 0.5) is 4.39 Å². The fourth-order valence-electron chi connectivity index (χ4n) is 5.11. The zero-order valence-electron chi connectivity index (χ0n) is 22.5. The Morgan fingerprint density at radius 1 is 0.902 bits per heavy atom. The van der Waals surface area contributed by atoms with Crippen LogP contribution < -0.4 is 5.56 Å². The number of hydrogen-bond acceptors (Lipinski definition) is 6. The van der Waals surface area contributed by atoms with Crippen LogP contribution in [-0.2, 0) is 19.6 Å². The molecule has 0 unspecified atom stereocenters. The van der Waals surface area contributed by atoms with Crippen LogP contribution in [0.15, 0.2) is 108 Å². The maximum Gasteiger partial charge on any atom is 0.253 e. The lowest BCUT2D eigenvalue weighted by Crippen LogP contribution is -2.35. The molecular formula is C32H28FN7O. The van der Waals surface area contributed by atoms with Crippen molar-refractivity contribution in [2.75, 3.05) is 0 Å². The van der Waals surface area contributed by atoms with Crippen molar-refractivity contribution in [3.05, 3.63) is 153 Å². The highest BCUT2D eigenvalue weighted by atomic mass is 19.1. The quantitative estimate of drug-likeness (QED) is 0.269. The van der Waals surface area contributed by atoms with Gasteiger partial charge in [0.15, 0.2) is 5.82 Å². The number of pyridine rings is 2. The van der Waals surface area contributed by atoms with E-state index < -0.39 is 6.04 Å². The standard InChI is InChI=1S/C32H28FN7O/c1-22-9-14-29-26(16-22)17-28(32(41)35-29)30(31-36-37-38-40(31)21-24-10-12-27(33)13-11-24)39(19-23-6-3-2-4-7-23)20-25-8-5-15-34-18-25/h2-18,30H,19-21H2,1H3,(H,35,41)/t30-/m1/s1. The molecule has 1 N–H and O–H groups in total. The van der Waals surface area contributed by atoms with Gasteiger partial charge in [0.1, 0.15) is 11.9 Å². The summed E-state index contributed by atoms with van der Waals surface area (Å²) >= 11 is 0. The number of nitrogens with one attached hydrogen (secondary N) is 1. The number of fused-ring (bicyclic) bond motifs is 1. The molecule has 8 nitrogen and oxygen atoms in total. The third-order valence-electron chi connectivity index (χ3n) is 7.07. The molecule has 0 aliphatic rings. The second-order valence-electron chi connectivity index (χ2n) is 10.1. The van der Waals surface area contributed by atoms with Gasteiger partial charge in [-0.1, -0.05) is 60.2 Å². The van der Waals surface area contributed by atoms with Crippen molar-refractivity contribution in [1.29, 1.82) is 0 Å². The highest BCUT2D eigenvalue weighted by Gasteiger charge is 2.31. The summed E-state index contributed by atoms with van der Waals surface area (Å²) < 4.78 is 15.3. The minimum Gasteiger partial charge on any atom is -0.322 e. The number of tetrazole rings is 1. The van der Waals surface area contributed by atoms with Gasteiger partial charge in [0.05, 0.1) is 6.54 Å². The second kappa shape index (κ2) is 11.6. The molecule has 0 bridgehead atoms. The molecule has 0 fully saturated rings. The van der Waals surface area contributed by atoms with E-state index in [2.05, 4.69) is 48.6 Å². The van der Waals surface area contributed by atoms with Crippen LogP contribution in [0.2, 0.25) is 0 Å². The molecule has 3 aromatic carbocycles. The smallest absolute Gasteiger partial charge is 0.253 e. The van der Waals surface area contributed by atoms with Gasteiger partial charge in [0.25, 0.3) is 5.56 Å². The van der Waals surface area contributed by atoms with Crippen LogP contribution in [-0.4, -0.2) is 35.1 Å². The Morgan fingerprint density at radius 2 is 1.68 bits per heavy atom. The minimum absolute atomic E-state index is 0.216. The Hall–Kier alpha value is -5.02. The third-order valence-corrected chi connectivity index (χ3v) is 7.07. The van der Waals surface area contributed by atoms with Crippen molar-refractivity contribution in [3.8, 4) is 0 Å². The summed E-state index contributed by atoms with van der Waals surface area (Å²) in [6, 6.07) is 27.5. The lowest BCUT2D eigenvalue weighted by molar-refractivity contribution is 0.194. The van der Waals surface area contributed by atoms with Crippen molar-refractivity contribution in [3.63, 3.8) is 0 Å². The number of aromatic nitrogens is 6. The predicted molar refractivity (Wildman–Crippen MR) is 154 cm³/mol. The summed E-state index contributed by atoms with van der Waals surface area (Å²) in [4.78, 5) is 23.3. The van der Waals surface area contributed by atoms with E-state index in [1.807, 2.05) is 61.7 Å². The molecule has 0 radical (unpaired) electrons. The number of benzene rings is 3. The molecule has 6 rings (SSSR count). The first-order valence-corrected chi connectivity index (χ1v) is 13.3. The lowest BCUT2D eigenvalue weighted by Gasteiger charge is -2.31. The van der Waals surface area contributed by atoms with E-state index >= 15 is 0 Å². The molecule has 0 spiro atoms. The Morgan fingerprint density at radius 3 is 2.46 bits per heavy atom. The van der Waals surface area contributed by atoms with Gasteiger partial charge < -0.3 is 4.98 Å².